The number of likely N-dealkylation sites (N-methyl/N-ethyl adjacent to an activating group) is 2. The van der Waals surface area contributed by atoms with Crippen LogP contribution >= 0.6 is 0 Å². The highest BCUT2D eigenvalue weighted by atomic mass is 15.2. The number of rotatable bonds is 8. The molecule has 1 saturated heterocycles. The van der Waals surface area contributed by atoms with Crippen LogP contribution in [0.3, 0.4) is 0 Å². The molecule has 3 nitrogen and oxygen atoms in total. The van der Waals surface area contributed by atoms with E-state index in [-0.39, 0.29) is 0 Å². The highest BCUT2D eigenvalue weighted by molar-refractivity contribution is 4.90. The second-order valence-corrected chi connectivity index (χ2v) is 7.34. The van der Waals surface area contributed by atoms with Gasteiger partial charge in [0.25, 0.3) is 0 Å². The summed E-state index contributed by atoms with van der Waals surface area (Å²) in [6.45, 7) is 9.73. The molecule has 1 heterocycles. The van der Waals surface area contributed by atoms with Crippen LogP contribution in [0.15, 0.2) is 0 Å². The third-order valence-electron chi connectivity index (χ3n) is 5.65. The summed E-state index contributed by atoms with van der Waals surface area (Å²) in [7, 11) is 4.61. The Hall–Kier alpha value is -0.120. The van der Waals surface area contributed by atoms with Crippen LogP contribution in [0.4, 0.5) is 0 Å². The van der Waals surface area contributed by atoms with Crippen LogP contribution in [-0.4, -0.2) is 62.2 Å². The van der Waals surface area contributed by atoms with E-state index >= 15 is 0 Å². The zero-order valence-corrected chi connectivity index (χ0v) is 14.1. The van der Waals surface area contributed by atoms with Crippen LogP contribution in [0.5, 0.6) is 0 Å². The van der Waals surface area contributed by atoms with E-state index in [1.54, 1.807) is 0 Å². The standard InChI is InChI=1S/C17H35N3/c1-5-17(6-2,13-18-15-9-10-15)14-20(4)16-8-7-11-19(3)12-16/h15-16,18H,5-14H2,1-4H3. The molecule has 1 atom stereocenters. The predicted octanol–water partition coefficient (Wildman–Crippen LogP) is 2.57. The maximum atomic E-state index is 3.78. The molecule has 1 N–H and O–H groups in total. The molecule has 0 aromatic carbocycles. The van der Waals surface area contributed by atoms with Gasteiger partial charge in [0, 0.05) is 31.7 Å². The van der Waals surface area contributed by atoms with Gasteiger partial charge in [0.05, 0.1) is 0 Å². The third-order valence-corrected chi connectivity index (χ3v) is 5.65. The molecule has 0 aromatic rings. The van der Waals surface area contributed by atoms with E-state index in [0.29, 0.717) is 5.41 Å². The average molecular weight is 281 g/mol. The van der Waals surface area contributed by atoms with Gasteiger partial charge < -0.3 is 15.1 Å². The summed E-state index contributed by atoms with van der Waals surface area (Å²) in [5, 5.41) is 3.78. The summed E-state index contributed by atoms with van der Waals surface area (Å²) >= 11 is 0. The van der Waals surface area contributed by atoms with Crippen molar-refractivity contribution in [1.82, 2.24) is 15.1 Å². The summed E-state index contributed by atoms with van der Waals surface area (Å²) < 4.78 is 0. The monoisotopic (exact) mass is 281 g/mol. The van der Waals surface area contributed by atoms with Gasteiger partial charge in [-0.1, -0.05) is 13.8 Å². The van der Waals surface area contributed by atoms with Gasteiger partial charge in [0.1, 0.15) is 0 Å². The fraction of sp³-hybridized carbons (Fsp3) is 1.00. The second-order valence-electron chi connectivity index (χ2n) is 7.34. The molecule has 0 radical (unpaired) electrons. The SMILES string of the molecule is CCC(CC)(CNC1CC1)CN(C)C1CCCN(C)C1. The van der Waals surface area contributed by atoms with Gasteiger partial charge in [-0.15, -0.1) is 0 Å². The summed E-state index contributed by atoms with van der Waals surface area (Å²) in [6, 6.07) is 1.59. The van der Waals surface area contributed by atoms with Crippen LogP contribution in [-0.2, 0) is 0 Å². The molecule has 20 heavy (non-hydrogen) atoms. The van der Waals surface area contributed by atoms with Gasteiger partial charge in [0.2, 0.25) is 0 Å². The molecule has 118 valence electrons. The number of hydrogen-bond donors (Lipinski definition) is 1. The van der Waals surface area contributed by atoms with E-state index in [1.165, 1.54) is 64.7 Å². The molecule has 2 rings (SSSR count). The highest BCUT2D eigenvalue weighted by Gasteiger charge is 2.33. The van der Waals surface area contributed by atoms with Crippen LogP contribution in [0.25, 0.3) is 0 Å². The first kappa shape index (κ1) is 16.3. The van der Waals surface area contributed by atoms with Crippen molar-refractivity contribution in [2.75, 3.05) is 40.3 Å². The Kier molecular flexibility index (Phi) is 5.88. The molecular formula is C17H35N3. The van der Waals surface area contributed by atoms with E-state index in [4.69, 9.17) is 0 Å². The largest absolute Gasteiger partial charge is 0.313 e. The van der Waals surface area contributed by atoms with Crippen molar-refractivity contribution in [3.63, 3.8) is 0 Å². The minimum Gasteiger partial charge on any atom is -0.313 e. The minimum atomic E-state index is 0.466. The quantitative estimate of drug-likeness (QED) is 0.738. The van der Waals surface area contributed by atoms with Gasteiger partial charge in [-0.25, -0.2) is 0 Å². The van der Waals surface area contributed by atoms with Crippen LogP contribution in [0.2, 0.25) is 0 Å². The zero-order valence-electron chi connectivity index (χ0n) is 14.1. The second kappa shape index (κ2) is 7.24. The maximum absolute atomic E-state index is 3.78. The van der Waals surface area contributed by atoms with Crippen molar-refractivity contribution in [1.29, 1.82) is 0 Å². The minimum absolute atomic E-state index is 0.466. The zero-order chi connectivity index (χ0) is 14.6. The van der Waals surface area contributed by atoms with Crippen LogP contribution < -0.4 is 5.32 Å². The molecule has 1 aliphatic carbocycles. The fourth-order valence-electron chi connectivity index (χ4n) is 3.58. The lowest BCUT2D eigenvalue weighted by atomic mass is 9.81. The van der Waals surface area contributed by atoms with Crippen molar-refractivity contribution in [2.45, 2.75) is 64.5 Å². The molecule has 1 saturated carbocycles. The Morgan fingerprint density at radius 2 is 1.90 bits per heavy atom. The van der Waals surface area contributed by atoms with Gasteiger partial charge in [-0.2, -0.15) is 0 Å². The van der Waals surface area contributed by atoms with Gasteiger partial charge in [0.15, 0.2) is 0 Å². The van der Waals surface area contributed by atoms with E-state index < -0.39 is 0 Å². The number of nitrogens with zero attached hydrogens (tertiary/aromatic N) is 2. The molecule has 1 unspecified atom stereocenters. The first-order chi connectivity index (χ1) is 9.58. The van der Waals surface area contributed by atoms with Gasteiger partial charge >= 0.3 is 0 Å². The lowest BCUT2D eigenvalue weighted by molar-refractivity contribution is 0.0800. The number of piperidine rings is 1. The molecule has 3 heteroatoms. The molecule has 0 aromatic heterocycles. The molecular weight excluding hydrogens is 246 g/mol. The summed E-state index contributed by atoms with van der Waals surface area (Å²) in [6.07, 6.45) is 8.10. The maximum Gasteiger partial charge on any atom is 0.0220 e. The molecule has 0 amide bonds. The normalized spacial score (nSPS) is 25.4. The molecule has 1 aliphatic heterocycles. The van der Waals surface area contributed by atoms with Crippen molar-refractivity contribution >= 4 is 0 Å². The summed E-state index contributed by atoms with van der Waals surface area (Å²) in [5.41, 5.74) is 0.466. The Labute approximate surface area is 126 Å². The van der Waals surface area contributed by atoms with Crippen LogP contribution in [0, 0.1) is 5.41 Å². The first-order valence-corrected chi connectivity index (χ1v) is 8.70. The predicted molar refractivity (Wildman–Crippen MR) is 87.2 cm³/mol. The number of likely N-dealkylation sites (tertiary alicyclic amines) is 1. The lowest BCUT2D eigenvalue weighted by Crippen LogP contribution is -2.50. The topological polar surface area (TPSA) is 18.5 Å². The molecule has 0 spiro atoms. The van der Waals surface area contributed by atoms with Crippen molar-refractivity contribution < 1.29 is 0 Å². The first-order valence-electron chi connectivity index (χ1n) is 8.70. The van der Waals surface area contributed by atoms with E-state index in [1.807, 2.05) is 0 Å². The van der Waals surface area contributed by atoms with Gasteiger partial charge in [-0.05, 0) is 64.6 Å². The van der Waals surface area contributed by atoms with Crippen LogP contribution in [0.1, 0.15) is 52.4 Å². The van der Waals surface area contributed by atoms with E-state index in [9.17, 15) is 0 Å². The Bertz CT molecular complexity index is 284. The van der Waals surface area contributed by atoms with Crippen molar-refractivity contribution in [3.8, 4) is 0 Å². The number of hydrogen-bond acceptors (Lipinski definition) is 3. The fourth-order valence-corrected chi connectivity index (χ4v) is 3.58. The summed E-state index contributed by atoms with van der Waals surface area (Å²) in [4.78, 5) is 5.14. The van der Waals surface area contributed by atoms with E-state index in [2.05, 4.69) is 43.1 Å². The van der Waals surface area contributed by atoms with Crippen molar-refractivity contribution in [3.05, 3.63) is 0 Å². The molecule has 2 fully saturated rings. The Morgan fingerprint density at radius 1 is 1.20 bits per heavy atom. The van der Waals surface area contributed by atoms with Gasteiger partial charge in [-0.3, -0.25) is 0 Å². The molecule has 2 aliphatic rings. The summed E-state index contributed by atoms with van der Waals surface area (Å²) in [5.74, 6) is 0. The smallest absolute Gasteiger partial charge is 0.0220 e. The van der Waals surface area contributed by atoms with Crippen molar-refractivity contribution in [2.24, 2.45) is 5.41 Å². The Morgan fingerprint density at radius 3 is 2.45 bits per heavy atom. The molecule has 0 bridgehead atoms. The number of nitrogens with one attached hydrogen (secondary N) is 1. The highest BCUT2D eigenvalue weighted by Crippen LogP contribution is 2.30. The average Bonchev–Trinajstić information content (AvgIpc) is 3.27. The third kappa shape index (κ3) is 4.44. The Balaban J connectivity index is 1.87. The lowest BCUT2D eigenvalue weighted by Gasteiger charge is -2.42. The van der Waals surface area contributed by atoms with E-state index in [0.717, 1.165) is 12.1 Å².